The molecule has 2 rings (SSSR count). The molecule has 0 spiro atoms. The van der Waals surface area contributed by atoms with E-state index < -0.39 is 0 Å². The fourth-order valence-electron chi connectivity index (χ4n) is 2.55. The van der Waals surface area contributed by atoms with Crippen molar-refractivity contribution in [2.45, 2.75) is 33.2 Å². The van der Waals surface area contributed by atoms with E-state index in [1.54, 1.807) is 6.07 Å². The largest absolute Gasteiger partial charge is 0.506 e. The molecular weight excluding hydrogens is 238 g/mol. The molecule has 0 bridgehead atoms. The molecule has 1 aliphatic heterocycles. The molecule has 0 atom stereocenters. The molecule has 4 heteroatoms. The van der Waals surface area contributed by atoms with Crippen molar-refractivity contribution in [3.8, 4) is 5.75 Å². The molecular formula is C15H25N3O. The highest BCUT2D eigenvalue weighted by atomic mass is 16.3. The van der Waals surface area contributed by atoms with Crippen molar-refractivity contribution >= 4 is 0 Å². The van der Waals surface area contributed by atoms with Crippen molar-refractivity contribution in [2.75, 3.05) is 26.7 Å². The molecule has 1 saturated heterocycles. The Kier molecular flexibility index (Phi) is 4.42. The number of rotatable bonds is 4. The van der Waals surface area contributed by atoms with Crippen LogP contribution in [0.3, 0.4) is 0 Å². The SMILES string of the molecule is Cc1ccc(O)c(CNCC2(C)CCN(C)CC2)n1. The summed E-state index contributed by atoms with van der Waals surface area (Å²) in [5.74, 6) is 0.284. The first kappa shape index (κ1) is 14.3. The Morgan fingerprint density at radius 1 is 1.37 bits per heavy atom. The molecule has 1 aromatic rings. The number of pyridine rings is 1. The predicted octanol–water partition coefficient (Wildman–Crippen LogP) is 1.92. The first-order chi connectivity index (χ1) is 8.98. The quantitative estimate of drug-likeness (QED) is 0.871. The molecule has 2 N–H and O–H groups in total. The molecule has 1 aliphatic rings. The van der Waals surface area contributed by atoms with Crippen LogP contribution in [0, 0.1) is 12.3 Å². The zero-order valence-electron chi connectivity index (χ0n) is 12.2. The number of piperidine rings is 1. The van der Waals surface area contributed by atoms with Gasteiger partial charge in [0.15, 0.2) is 0 Å². The van der Waals surface area contributed by atoms with Crippen LogP contribution in [0.15, 0.2) is 12.1 Å². The maximum atomic E-state index is 9.76. The lowest BCUT2D eigenvalue weighted by molar-refractivity contribution is 0.136. The van der Waals surface area contributed by atoms with Crippen LogP contribution in [-0.4, -0.2) is 41.7 Å². The average Bonchev–Trinajstić information content (AvgIpc) is 2.38. The van der Waals surface area contributed by atoms with Gasteiger partial charge in [0.05, 0.1) is 5.69 Å². The molecule has 0 aliphatic carbocycles. The van der Waals surface area contributed by atoms with Gasteiger partial charge in [-0.25, -0.2) is 0 Å². The van der Waals surface area contributed by atoms with Crippen molar-refractivity contribution in [2.24, 2.45) is 5.41 Å². The number of aromatic nitrogens is 1. The van der Waals surface area contributed by atoms with E-state index in [2.05, 4.69) is 29.2 Å². The Morgan fingerprint density at radius 3 is 2.74 bits per heavy atom. The number of aryl methyl sites for hydroxylation is 1. The maximum absolute atomic E-state index is 9.76. The van der Waals surface area contributed by atoms with E-state index in [1.165, 1.54) is 25.9 Å². The molecule has 0 radical (unpaired) electrons. The van der Waals surface area contributed by atoms with Gasteiger partial charge in [-0.05, 0) is 57.5 Å². The average molecular weight is 263 g/mol. The van der Waals surface area contributed by atoms with Gasteiger partial charge in [0.25, 0.3) is 0 Å². The van der Waals surface area contributed by atoms with Gasteiger partial charge in [0.2, 0.25) is 0 Å². The van der Waals surface area contributed by atoms with Gasteiger partial charge in [-0.3, -0.25) is 4.98 Å². The Bertz CT molecular complexity index is 425. The standard InChI is InChI=1S/C15H25N3O/c1-12-4-5-14(19)13(17-12)10-16-11-15(2)6-8-18(3)9-7-15/h4-5,16,19H,6-11H2,1-3H3. The van der Waals surface area contributed by atoms with Crippen LogP contribution in [0.4, 0.5) is 0 Å². The molecule has 19 heavy (non-hydrogen) atoms. The van der Waals surface area contributed by atoms with E-state index in [1.807, 2.05) is 13.0 Å². The molecule has 4 nitrogen and oxygen atoms in total. The highest BCUT2D eigenvalue weighted by molar-refractivity contribution is 5.27. The lowest BCUT2D eigenvalue weighted by Crippen LogP contribution is -2.41. The third-order valence-corrected chi connectivity index (χ3v) is 4.13. The Labute approximate surface area is 115 Å². The summed E-state index contributed by atoms with van der Waals surface area (Å²) in [6, 6.07) is 3.55. The van der Waals surface area contributed by atoms with Crippen LogP contribution in [0.5, 0.6) is 5.75 Å². The number of likely N-dealkylation sites (tertiary alicyclic amines) is 1. The third kappa shape index (κ3) is 3.91. The zero-order chi connectivity index (χ0) is 13.9. The monoisotopic (exact) mass is 263 g/mol. The van der Waals surface area contributed by atoms with Crippen LogP contribution in [0.1, 0.15) is 31.2 Å². The van der Waals surface area contributed by atoms with Gasteiger partial charge < -0.3 is 15.3 Å². The van der Waals surface area contributed by atoms with Gasteiger partial charge in [-0.15, -0.1) is 0 Å². The minimum Gasteiger partial charge on any atom is -0.506 e. The number of nitrogens with zero attached hydrogens (tertiary/aromatic N) is 2. The van der Waals surface area contributed by atoms with Gasteiger partial charge in [0.1, 0.15) is 5.75 Å². The van der Waals surface area contributed by atoms with Crippen LogP contribution in [0.25, 0.3) is 0 Å². The van der Waals surface area contributed by atoms with Crippen LogP contribution in [-0.2, 0) is 6.54 Å². The minimum absolute atomic E-state index is 0.284. The van der Waals surface area contributed by atoms with Gasteiger partial charge in [-0.2, -0.15) is 0 Å². The summed E-state index contributed by atoms with van der Waals surface area (Å²) in [6.07, 6.45) is 2.45. The van der Waals surface area contributed by atoms with E-state index in [-0.39, 0.29) is 5.75 Å². The number of nitrogens with one attached hydrogen (secondary N) is 1. The van der Waals surface area contributed by atoms with E-state index >= 15 is 0 Å². The van der Waals surface area contributed by atoms with E-state index in [0.717, 1.165) is 17.9 Å². The van der Waals surface area contributed by atoms with Crippen LogP contribution < -0.4 is 5.32 Å². The molecule has 106 valence electrons. The van der Waals surface area contributed by atoms with Crippen molar-refractivity contribution in [3.05, 3.63) is 23.5 Å². The third-order valence-electron chi connectivity index (χ3n) is 4.13. The number of aromatic hydroxyl groups is 1. The summed E-state index contributed by atoms with van der Waals surface area (Å²) >= 11 is 0. The summed E-state index contributed by atoms with van der Waals surface area (Å²) in [4.78, 5) is 6.75. The second-order valence-electron chi connectivity index (χ2n) is 6.14. The molecule has 0 amide bonds. The molecule has 2 heterocycles. The van der Waals surface area contributed by atoms with E-state index in [9.17, 15) is 5.11 Å². The summed E-state index contributed by atoms with van der Waals surface area (Å²) in [6.45, 7) is 8.25. The predicted molar refractivity (Wildman–Crippen MR) is 77.2 cm³/mol. The Balaban J connectivity index is 1.84. The first-order valence-electron chi connectivity index (χ1n) is 7.03. The molecule has 0 aromatic carbocycles. The van der Waals surface area contributed by atoms with Crippen LogP contribution >= 0.6 is 0 Å². The summed E-state index contributed by atoms with van der Waals surface area (Å²) < 4.78 is 0. The van der Waals surface area contributed by atoms with Crippen molar-refractivity contribution in [1.29, 1.82) is 0 Å². The molecule has 0 unspecified atom stereocenters. The summed E-state index contributed by atoms with van der Waals surface area (Å²) in [5.41, 5.74) is 2.06. The van der Waals surface area contributed by atoms with Gasteiger partial charge in [-0.1, -0.05) is 6.92 Å². The second-order valence-corrected chi connectivity index (χ2v) is 6.14. The Hall–Kier alpha value is -1.13. The van der Waals surface area contributed by atoms with Crippen molar-refractivity contribution in [1.82, 2.24) is 15.2 Å². The fraction of sp³-hybridized carbons (Fsp3) is 0.667. The second kappa shape index (κ2) is 5.88. The highest BCUT2D eigenvalue weighted by Gasteiger charge is 2.28. The lowest BCUT2D eigenvalue weighted by Gasteiger charge is -2.38. The van der Waals surface area contributed by atoms with Crippen LogP contribution in [0.2, 0.25) is 0 Å². The molecule has 1 fully saturated rings. The maximum Gasteiger partial charge on any atom is 0.138 e. The summed E-state index contributed by atoms with van der Waals surface area (Å²) in [5, 5.41) is 13.2. The zero-order valence-corrected chi connectivity index (χ0v) is 12.2. The Morgan fingerprint density at radius 2 is 2.05 bits per heavy atom. The lowest BCUT2D eigenvalue weighted by atomic mass is 9.80. The van der Waals surface area contributed by atoms with Crippen molar-refractivity contribution in [3.63, 3.8) is 0 Å². The van der Waals surface area contributed by atoms with E-state index in [4.69, 9.17) is 0 Å². The first-order valence-corrected chi connectivity index (χ1v) is 7.03. The highest BCUT2D eigenvalue weighted by Crippen LogP contribution is 2.29. The van der Waals surface area contributed by atoms with Crippen molar-refractivity contribution < 1.29 is 5.11 Å². The van der Waals surface area contributed by atoms with Gasteiger partial charge >= 0.3 is 0 Å². The molecule has 1 aromatic heterocycles. The van der Waals surface area contributed by atoms with Gasteiger partial charge in [0, 0.05) is 18.8 Å². The molecule has 0 saturated carbocycles. The topological polar surface area (TPSA) is 48.4 Å². The normalized spacial score (nSPS) is 19.5. The minimum atomic E-state index is 0.284. The van der Waals surface area contributed by atoms with E-state index in [0.29, 0.717) is 12.0 Å². The fourth-order valence-corrected chi connectivity index (χ4v) is 2.55. The number of hydrogen-bond acceptors (Lipinski definition) is 4. The summed E-state index contributed by atoms with van der Waals surface area (Å²) in [7, 11) is 2.18. The smallest absolute Gasteiger partial charge is 0.138 e. The number of hydrogen-bond donors (Lipinski definition) is 2.